The number of esters is 3. The number of unbranched alkanes of at least 4 members (excludes halogenated alkanes) is 26. The van der Waals surface area contributed by atoms with Gasteiger partial charge in [0.25, 0.3) is 0 Å². The number of allylic oxidation sites excluding steroid dienone is 18. The van der Waals surface area contributed by atoms with E-state index in [-0.39, 0.29) is 31.1 Å². The minimum atomic E-state index is -0.799. The third-order valence-corrected chi connectivity index (χ3v) is 13.0. The van der Waals surface area contributed by atoms with Gasteiger partial charge in [0.2, 0.25) is 0 Å². The van der Waals surface area contributed by atoms with Gasteiger partial charge in [-0.05, 0) is 109 Å². The van der Waals surface area contributed by atoms with E-state index in [2.05, 4.69) is 130 Å². The Morgan fingerprint density at radius 1 is 0.284 bits per heavy atom. The quantitative estimate of drug-likeness (QED) is 0.0261. The first-order valence-electron chi connectivity index (χ1n) is 30.9. The van der Waals surface area contributed by atoms with Crippen LogP contribution >= 0.6 is 0 Å². The Morgan fingerprint density at radius 2 is 0.527 bits per heavy atom. The molecule has 0 aromatic heterocycles. The van der Waals surface area contributed by atoms with Crippen LogP contribution in [0.3, 0.4) is 0 Å². The zero-order valence-corrected chi connectivity index (χ0v) is 48.3. The van der Waals surface area contributed by atoms with Gasteiger partial charge in [-0.25, -0.2) is 0 Å². The van der Waals surface area contributed by atoms with Crippen LogP contribution in [0.5, 0.6) is 0 Å². The zero-order chi connectivity index (χ0) is 53.6. The van der Waals surface area contributed by atoms with Crippen molar-refractivity contribution in [2.75, 3.05) is 13.2 Å². The van der Waals surface area contributed by atoms with Gasteiger partial charge in [-0.2, -0.15) is 0 Å². The van der Waals surface area contributed by atoms with Gasteiger partial charge in [0.05, 0.1) is 0 Å². The van der Waals surface area contributed by atoms with Gasteiger partial charge in [-0.1, -0.05) is 265 Å². The fourth-order valence-electron chi connectivity index (χ4n) is 8.39. The van der Waals surface area contributed by atoms with Gasteiger partial charge in [0.15, 0.2) is 6.10 Å². The van der Waals surface area contributed by atoms with E-state index in [0.29, 0.717) is 19.3 Å². The standard InChI is InChI=1S/C68H114O6/c1-4-7-10-13-16-19-22-25-27-29-30-31-32-33-34-35-36-37-38-40-41-43-46-49-52-55-58-61-67(70)73-64-65(63-72-66(69)60-57-54-51-48-45-24-21-18-15-12-9-6-3)74-68(71)62-59-56-53-50-47-44-42-39-28-26-23-20-17-14-11-8-5-2/h7,10,16,19,25-28,30-31,33-34,36-37,40-41,46,49,65H,4-6,8-9,11-15,17-18,20-24,29,32,35,38-39,42-45,47-48,50-64H2,1-3H3/b10-7-,19-16-,27-25-,28-26-,31-30-,34-33-,37-36-,41-40-,49-46-. The predicted molar refractivity (Wildman–Crippen MR) is 320 cm³/mol. The summed E-state index contributed by atoms with van der Waals surface area (Å²) < 4.78 is 16.9. The summed E-state index contributed by atoms with van der Waals surface area (Å²) in [6.45, 7) is 6.49. The molecular weight excluding hydrogens is 913 g/mol. The molecule has 0 heterocycles. The molecular formula is C68H114O6. The number of rotatable bonds is 55. The fraction of sp³-hybridized carbons (Fsp3) is 0.691. The molecule has 6 nitrogen and oxygen atoms in total. The Kier molecular flexibility index (Phi) is 58.3. The minimum absolute atomic E-state index is 0.0923. The van der Waals surface area contributed by atoms with E-state index in [9.17, 15) is 14.4 Å². The largest absolute Gasteiger partial charge is 0.462 e. The molecule has 0 aromatic carbocycles. The Morgan fingerprint density at radius 3 is 0.865 bits per heavy atom. The molecule has 0 spiro atoms. The van der Waals surface area contributed by atoms with Gasteiger partial charge in [-0.3, -0.25) is 14.4 Å². The first-order chi connectivity index (χ1) is 36.5. The van der Waals surface area contributed by atoms with Crippen LogP contribution in [0, 0.1) is 0 Å². The smallest absolute Gasteiger partial charge is 0.306 e. The lowest BCUT2D eigenvalue weighted by Gasteiger charge is -2.18. The van der Waals surface area contributed by atoms with Crippen LogP contribution in [0.2, 0.25) is 0 Å². The molecule has 0 fully saturated rings. The molecule has 6 heteroatoms. The monoisotopic (exact) mass is 1030 g/mol. The molecule has 0 N–H and O–H groups in total. The van der Waals surface area contributed by atoms with Gasteiger partial charge in [0, 0.05) is 19.3 Å². The Labute approximate surface area is 457 Å². The van der Waals surface area contributed by atoms with Crippen LogP contribution < -0.4 is 0 Å². The van der Waals surface area contributed by atoms with Crippen LogP contribution in [-0.2, 0) is 28.6 Å². The summed E-state index contributed by atoms with van der Waals surface area (Å²) in [6.07, 6.45) is 83.7. The summed E-state index contributed by atoms with van der Waals surface area (Å²) in [5.74, 6) is -0.937. The number of hydrogen-bond donors (Lipinski definition) is 0. The van der Waals surface area contributed by atoms with E-state index < -0.39 is 6.10 Å². The zero-order valence-electron chi connectivity index (χ0n) is 48.3. The van der Waals surface area contributed by atoms with Crippen molar-refractivity contribution in [1.82, 2.24) is 0 Å². The normalized spacial score (nSPS) is 12.9. The third kappa shape index (κ3) is 59.0. The third-order valence-electron chi connectivity index (χ3n) is 13.0. The van der Waals surface area contributed by atoms with Gasteiger partial charge in [0.1, 0.15) is 13.2 Å². The van der Waals surface area contributed by atoms with Crippen molar-refractivity contribution in [3.05, 3.63) is 109 Å². The topological polar surface area (TPSA) is 78.9 Å². The number of hydrogen-bond acceptors (Lipinski definition) is 6. The Balaban J connectivity index is 4.41. The van der Waals surface area contributed by atoms with Crippen LogP contribution in [-0.4, -0.2) is 37.2 Å². The van der Waals surface area contributed by atoms with Crippen LogP contribution in [0.4, 0.5) is 0 Å². The highest BCUT2D eigenvalue weighted by molar-refractivity contribution is 5.71. The number of ether oxygens (including phenoxy) is 3. The van der Waals surface area contributed by atoms with Gasteiger partial charge in [-0.15, -0.1) is 0 Å². The second-order valence-corrected chi connectivity index (χ2v) is 20.2. The molecule has 74 heavy (non-hydrogen) atoms. The summed E-state index contributed by atoms with van der Waals surface area (Å²) >= 11 is 0. The Hall–Kier alpha value is -3.93. The second kappa shape index (κ2) is 61.6. The number of carbonyl (C=O) groups is 3. The lowest BCUT2D eigenvalue weighted by molar-refractivity contribution is -0.167. The molecule has 0 rings (SSSR count). The molecule has 0 radical (unpaired) electrons. The van der Waals surface area contributed by atoms with Gasteiger partial charge >= 0.3 is 17.9 Å². The second-order valence-electron chi connectivity index (χ2n) is 20.2. The highest BCUT2D eigenvalue weighted by Gasteiger charge is 2.19. The summed E-state index contributed by atoms with van der Waals surface area (Å²) in [6, 6.07) is 0. The predicted octanol–water partition coefficient (Wildman–Crippen LogP) is 21.0. The lowest BCUT2D eigenvalue weighted by atomic mass is 10.0. The van der Waals surface area contributed by atoms with E-state index in [1.165, 1.54) is 135 Å². The molecule has 0 saturated heterocycles. The Bertz CT molecular complexity index is 1510. The van der Waals surface area contributed by atoms with Crippen molar-refractivity contribution in [3.63, 3.8) is 0 Å². The molecule has 422 valence electrons. The van der Waals surface area contributed by atoms with E-state index in [4.69, 9.17) is 14.2 Å². The maximum absolute atomic E-state index is 12.9. The molecule has 0 saturated carbocycles. The van der Waals surface area contributed by atoms with Crippen molar-refractivity contribution < 1.29 is 28.6 Å². The van der Waals surface area contributed by atoms with Crippen LogP contribution in [0.1, 0.15) is 284 Å². The van der Waals surface area contributed by atoms with Crippen molar-refractivity contribution in [3.8, 4) is 0 Å². The van der Waals surface area contributed by atoms with E-state index in [1.54, 1.807) is 0 Å². The average Bonchev–Trinajstić information content (AvgIpc) is 3.40. The van der Waals surface area contributed by atoms with Gasteiger partial charge < -0.3 is 14.2 Å². The highest BCUT2D eigenvalue weighted by Crippen LogP contribution is 2.15. The molecule has 1 atom stereocenters. The van der Waals surface area contributed by atoms with Crippen LogP contribution in [0.15, 0.2) is 109 Å². The average molecular weight is 1030 g/mol. The maximum Gasteiger partial charge on any atom is 0.306 e. The summed E-state index contributed by atoms with van der Waals surface area (Å²) in [7, 11) is 0. The van der Waals surface area contributed by atoms with E-state index >= 15 is 0 Å². The molecule has 0 aliphatic rings. The molecule has 0 bridgehead atoms. The van der Waals surface area contributed by atoms with Crippen LogP contribution in [0.25, 0.3) is 0 Å². The van der Waals surface area contributed by atoms with Crippen molar-refractivity contribution in [1.29, 1.82) is 0 Å². The molecule has 0 amide bonds. The maximum atomic E-state index is 12.9. The SMILES string of the molecule is CC/C=C\C/C=C\C/C=C\C/C=C\C/C=C\C/C=C\C/C=C\C/C=C\CCCCC(=O)OCC(COC(=O)CCCCCCCCCCCCCC)OC(=O)CCCCCCCCC/C=C\CCCCCCCC. The molecule has 0 aliphatic carbocycles. The summed E-state index contributed by atoms with van der Waals surface area (Å²) in [5, 5.41) is 0. The van der Waals surface area contributed by atoms with E-state index in [1.807, 2.05) is 0 Å². The first-order valence-corrected chi connectivity index (χ1v) is 30.9. The highest BCUT2D eigenvalue weighted by atomic mass is 16.6. The fourth-order valence-corrected chi connectivity index (χ4v) is 8.39. The van der Waals surface area contributed by atoms with Crippen molar-refractivity contribution >= 4 is 17.9 Å². The lowest BCUT2D eigenvalue weighted by Crippen LogP contribution is -2.30. The molecule has 0 aliphatic heterocycles. The summed E-state index contributed by atoms with van der Waals surface area (Å²) in [4.78, 5) is 38.2. The van der Waals surface area contributed by atoms with E-state index in [0.717, 1.165) is 109 Å². The summed E-state index contributed by atoms with van der Waals surface area (Å²) in [5.41, 5.74) is 0. The molecule has 1 unspecified atom stereocenters. The van der Waals surface area contributed by atoms with Crippen molar-refractivity contribution in [2.45, 2.75) is 290 Å². The minimum Gasteiger partial charge on any atom is -0.462 e. The number of carbonyl (C=O) groups excluding carboxylic acids is 3. The molecule has 0 aromatic rings. The van der Waals surface area contributed by atoms with Crippen molar-refractivity contribution in [2.24, 2.45) is 0 Å². The first kappa shape index (κ1) is 70.1.